The summed E-state index contributed by atoms with van der Waals surface area (Å²) < 4.78 is 27.6. The van der Waals surface area contributed by atoms with Crippen LogP contribution in [0, 0.1) is 11.3 Å². The standard InChI is InChI=1S/C8H20N4O2S/c1-6(2)5-11-15(13,14)12-7(3)4-8(9)10/h6-7,11-12H,4-5H2,1-3H3,(H3,9,10). The van der Waals surface area contributed by atoms with Gasteiger partial charge in [-0.2, -0.15) is 13.1 Å². The lowest BCUT2D eigenvalue weighted by atomic mass is 10.2. The Morgan fingerprint density at radius 2 is 1.93 bits per heavy atom. The van der Waals surface area contributed by atoms with Gasteiger partial charge in [0, 0.05) is 19.0 Å². The van der Waals surface area contributed by atoms with Gasteiger partial charge >= 0.3 is 0 Å². The van der Waals surface area contributed by atoms with E-state index in [1.807, 2.05) is 13.8 Å². The van der Waals surface area contributed by atoms with Crippen molar-refractivity contribution < 1.29 is 8.42 Å². The third-order valence-electron chi connectivity index (χ3n) is 1.56. The molecule has 5 N–H and O–H groups in total. The largest absolute Gasteiger partial charge is 0.388 e. The highest BCUT2D eigenvalue weighted by atomic mass is 32.2. The average Bonchev–Trinajstić information content (AvgIpc) is 1.98. The lowest BCUT2D eigenvalue weighted by Gasteiger charge is -2.14. The molecular formula is C8H20N4O2S. The maximum atomic E-state index is 11.4. The van der Waals surface area contributed by atoms with Crippen molar-refractivity contribution in [2.24, 2.45) is 11.7 Å². The minimum atomic E-state index is -3.47. The molecule has 15 heavy (non-hydrogen) atoms. The van der Waals surface area contributed by atoms with Crippen molar-refractivity contribution in [2.45, 2.75) is 33.2 Å². The topological polar surface area (TPSA) is 108 Å². The van der Waals surface area contributed by atoms with Gasteiger partial charge in [-0.3, -0.25) is 5.41 Å². The van der Waals surface area contributed by atoms with Crippen LogP contribution in [0.5, 0.6) is 0 Å². The van der Waals surface area contributed by atoms with Crippen molar-refractivity contribution in [1.82, 2.24) is 9.44 Å². The van der Waals surface area contributed by atoms with Gasteiger partial charge in [0.05, 0.1) is 5.84 Å². The summed E-state index contributed by atoms with van der Waals surface area (Å²) in [7, 11) is -3.47. The summed E-state index contributed by atoms with van der Waals surface area (Å²) in [6.45, 7) is 5.89. The molecule has 0 aliphatic rings. The Labute approximate surface area is 91.3 Å². The lowest BCUT2D eigenvalue weighted by molar-refractivity contribution is 0.534. The van der Waals surface area contributed by atoms with Crippen LogP contribution in [-0.2, 0) is 10.2 Å². The molecule has 0 heterocycles. The molecular weight excluding hydrogens is 216 g/mol. The summed E-state index contributed by atoms with van der Waals surface area (Å²) in [5, 5.41) is 7.03. The molecule has 0 radical (unpaired) electrons. The van der Waals surface area contributed by atoms with Gasteiger partial charge in [-0.25, -0.2) is 4.72 Å². The summed E-state index contributed by atoms with van der Waals surface area (Å²) in [5.41, 5.74) is 5.16. The quantitative estimate of drug-likeness (QED) is 0.362. The van der Waals surface area contributed by atoms with E-state index in [0.29, 0.717) is 6.54 Å². The Kier molecular flexibility index (Phi) is 5.77. The fourth-order valence-corrected chi connectivity index (χ4v) is 2.20. The maximum absolute atomic E-state index is 11.4. The second-order valence-corrected chi connectivity index (χ2v) is 5.53. The van der Waals surface area contributed by atoms with E-state index < -0.39 is 10.2 Å². The molecule has 1 unspecified atom stereocenters. The van der Waals surface area contributed by atoms with Crippen LogP contribution in [0.15, 0.2) is 0 Å². The summed E-state index contributed by atoms with van der Waals surface area (Å²) in [4.78, 5) is 0. The minimum Gasteiger partial charge on any atom is -0.388 e. The molecule has 0 aliphatic heterocycles. The van der Waals surface area contributed by atoms with Gasteiger partial charge in [-0.05, 0) is 12.8 Å². The van der Waals surface area contributed by atoms with E-state index in [1.165, 1.54) is 0 Å². The van der Waals surface area contributed by atoms with E-state index in [9.17, 15) is 8.42 Å². The van der Waals surface area contributed by atoms with Crippen molar-refractivity contribution in [3.05, 3.63) is 0 Å². The molecule has 0 aromatic heterocycles. The zero-order chi connectivity index (χ0) is 12.1. The highest BCUT2D eigenvalue weighted by molar-refractivity contribution is 7.87. The van der Waals surface area contributed by atoms with Crippen molar-refractivity contribution in [2.75, 3.05) is 6.54 Å². The molecule has 0 bridgehead atoms. The maximum Gasteiger partial charge on any atom is 0.277 e. The number of nitrogens with two attached hydrogens (primary N) is 1. The number of amidine groups is 1. The fraction of sp³-hybridized carbons (Fsp3) is 0.875. The third-order valence-corrected chi connectivity index (χ3v) is 2.82. The molecule has 0 saturated carbocycles. The Morgan fingerprint density at radius 1 is 1.40 bits per heavy atom. The molecule has 0 fully saturated rings. The summed E-state index contributed by atoms with van der Waals surface area (Å²) >= 11 is 0. The van der Waals surface area contributed by atoms with Crippen LogP contribution < -0.4 is 15.2 Å². The molecule has 1 atom stereocenters. The van der Waals surface area contributed by atoms with Crippen molar-refractivity contribution in [1.29, 1.82) is 5.41 Å². The van der Waals surface area contributed by atoms with E-state index in [1.54, 1.807) is 6.92 Å². The molecule has 0 rings (SSSR count). The second kappa shape index (κ2) is 6.04. The first-order valence-electron chi connectivity index (χ1n) is 4.82. The Balaban J connectivity index is 4.08. The molecule has 0 amide bonds. The molecule has 0 spiro atoms. The molecule has 0 saturated heterocycles. The van der Waals surface area contributed by atoms with Crippen LogP contribution in [0.4, 0.5) is 0 Å². The molecule has 0 aromatic carbocycles. The van der Waals surface area contributed by atoms with Gasteiger partial charge in [0.1, 0.15) is 0 Å². The van der Waals surface area contributed by atoms with E-state index >= 15 is 0 Å². The van der Waals surface area contributed by atoms with Crippen molar-refractivity contribution >= 4 is 16.0 Å². The lowest BCUT2D eigenvalue weighted by Crippen LogP contribution is -2.43. The van der Waals surface area contributed by atoms with Crippen LogP contribution >= 0.6 is 0 Å². The molecule has 0 aromatic rings. The van der Waals surface area contributed by atoms with Crippen LogP contribution in [0.25, 0.3) is 0 Å². The SMILES string of the molecule is CC(C)CNS(=O)(=O)NC(C)CC(=N)N. The van der Waals surface area contributed by atoms with E-state index in [2.05, 4.69) is 9.44 Å². The highest BCUT2D eigenvalue weighted by Crippen LogP contribution is 1.94. The smallest absolute Gasteiger partial charge is 0.277 e. The average molecular weight is 236 g/mol. The first kappa shape index (κ1) is 14.3. The Bertz CT molecular complexity index is 300. The van der Waals surface area contributed by atoms with Gasteiger partial charge < -0.3 is 5.73 Å². The van der Waals surface area contributed by atoms with Crippen LogP contribution in [0.1, 0.15) is 27.2 Å². The van der Waals surface area contributed by atoms with E-state index in [0.717, 1.165) is 0 Å². The Hall–Kier alpha value is -0.660. The van der Waals surface area contributed by atoms with E-state index in [4.69, 9.17) is 11.1 Å². The van der Waals surface area contributed by atoms with Gasteiger partial charge in [0.25, 0.3) is 10.2 Å². The van der Waals surface area contributed by atoms with E-state index in [-0.39, 0.29) is 24.2 Å². The highest BCUT2D eigenvalue weighted by Gasteiger charge is 2.14. The molecule has 6 nitrogen and oxygen atoms in total. The molecule has 7 heteroatoms. The fourth-order valence-electron chi connectivity index (χ4n) is 0.954. The summed E-state index contributed by atoms with van der Waals surface area (Å²) in [5.74, 6) is 0.221. The normalized spacial score (nSPS) is 14.1. The second-order valence-electron chi connectivity index (χ2n) is 3.99. The van der Waals surface area contributed by atoms with Gasteiger partial charge in [-0.1, -0.05) is 13.8 Å². The number of hydrogen-bond donors (Lipinski definition) is 4. The third kappa shape index (κ3) is 8.34. The van der Waals surface area contributed by atoms with Crippen LogP contribution in [-0.4, -0.2) is 26.8 Å². The number of nitrogens with one attached hydrogen (secondary N) is 3. The summed E-state index contributed by atoms with van der Waals surface area (Å²) in [6, 6.07) is -0.368. The number of hydrogen-bond acceptors (Lipinski definition) is 3. The van der Waals surface area contributed by atoms with Gasteiger partial charge in [0.2, 0.25) is 0 Å². The first-order valence-corrected chi connectivity index (χ1v) is 6.31. The van der Waals surface area contributed by atoms with Crippen molar-refractivity contribution in [3.8, 4) is 0 Å². The van der Waals surface area contributed by atoms with Crippen molar-refractivity contribution in [3.63, 3.8) is 0 Å². The predicted molar refractivity (Wildman–Crippen MR) is 60.9 cm³/mol. The monoisotopic (exact) mass is 236 g/mol. The minimum absolute atomic E-state index is 0.0333. The first-order chi connectivity index (χ1) is 6.73. The molecule has 90 valence electrons. The predicted octanol–water partition coefficient (Wildman–Crippen LogP) is -0.219. The number of rotatable bonds is 7. The van der Waals surface area contributed by atoms with Gasteiger partial charge in [0.15, 0.2) is 0 Å². The van der Waals surface area contributed by atoms with Crippen LogP contribution in [0.3, 0.4) is 0 Å². The molecule has 0 aliphatic carbocycles. The zero-order valence-corrected chi connectivity index (χ0v) is 10.2. The van der Waals surface area contributed by atoms with Gasteiger partial charge in [-0.15, -0.1) is 0 Å². The zero-order valence-electron chi connectivity index (χ0n) is 9.37. The summed E-state index contributed by atoms with van der Waals surface area (Å²) in [6.07, 6.45) is 0.211. The Morgan fingerprint density at radius 3 is 2.33 bits per heavy atom. The van der Waals surface area contributed by atoms with Crippen LogP contribution in [0.2, 0.25) is 0 Å².